The molecular weight excluding hydrogens is 316 g/mol. The van der Waals surface area contributed by atoms with Crippen LogP contribution in [-0.2, 0) is 0 Å². The quantitative estimate of drug-likeness (QED) is 0.823. The van der Waals surface area contributed by atoms with Crippen LogP contribution in [-0.4, -0.2) is 0 Å². The van der Waals surface area contributed by atoms with Gasteiger partial charge >= 0.3 is 0 Å². The van der Waals surface area contributed by atoms with Gasteiger partial charge in [-0.2, -0.15) is 5.26 Å². The van der Waals surface area contributed by atoms with E-state index in [0.29, 0.717) is 0 Å². The Morgan fingerprint density at radius 3 is 2.47 bits per heavy atom. The Bertz CT molecular complexity index is 680. The van der Waals surface area contributed by atoms with E-state index < -0.39 is 11.6 Å². The number of benzene rings is 2. The minimum atomic E-state index is -0.609. The van der Waals surface area contributed by atoms with Gasteiger partial charge < -0.3 is 11.1 Å². The van der Waals surface area contributed by atoms with Crippen molar-refractivity contribution in [2.24, 2.45) is 0 Å². The van der Waals surface area contributed by atoms with Gasteiger partial charge in [-0.05, 0) is 40.2 Å². The van der Waals surface area contributed by atoms with Crippen molar-refractivity contribution in [2.75, 3.05) is 11.1 Å². The van der Waals surface area contributed by atoms with Crippen molar-refractivity contribution in [1.82, 2.24) is 0 Å². The highest BCUT2D eigenvalue weighted by molar-refractivity contribution is 9.10. The third-order valence-corrected chi connectivity index (χ3v) is 3.07. The van der Waals surface area contributed by atoms with Crippen LogP contribution in [0.1, 0.15) is 5.56 Å². The Labute approximate surface area is 116 Å². The molecule has 3 nitrogen and oxygen atoms in total. The molecule has 0 aromatic heterocycles. The predicted octanol–water partition coefficient (Wildman–Crippen LogP) is 3.92. The van der Waals surface area contributed by atoms with Gasteiger partial charge in [0.15, 0.2) is 0 Å². The first-order chi connectivity index (χ1) is 9.01. The van der Waals surface area contributed by atoms with E-state index in [1.54, 1.807) is 0 Å². The molecule has 0 amide bonds. The number of rotatable bonds is 2. The summed E-state index contributed by atoms with van der Waals surface area (Å²) in [6, 6.07) is 8.32. The van der Waals surface area contributed by atoms with Crippen molar-refractivity contribution in [3.05, 3.63) is 52.0 Å². The average Bonchev–Trinajstić information content (AvgIpc) is 2.38. The van der Waals surface area contributed by atoms with E-state index in [-0.39, 0.29) is 27.1 Å². The molecule has 0 atom stereocenters. The third-order valence-electron chi connectivity index (χ3n) is 2.46. The van der Waals surface area contributed by atoms with Crippen molar-refractivity contribution in [1.29, 1.82) is 5.26 Å². The standard InChI is InChI=1S/C13H8BrF2N3/c14-8-4-11(18)13(5-9(8)15)19-12-2-1-7(6-17)3-10(12)16/h1-5,19H,18H2. The van der Waals surface area contributed by atoms with Gasteiger partial charge in [0.05, 0.1) is 33.2 Å². The van der Waals surface area contributed by atoms with Gasteiger partial charge in [-0.3, -0.25) is 0 Å². The van der Waals surface area contributed by atoms with Gasteiger partial charge in [0, 0.05) is 6.07 Å². The van der Waals surface area contributed by atoms with Crippen LogP contribution in [0.4, 0.5) is 25.8 Å². The molecule has 19 heavy (non-hydrogen) atoms. The first-order valence-electron chi connectivity index (χ1n) is 5.22. The lowest BCUT2D eigenvalue weighted by atomic mass is 10.2. The number of anilines is 3. The maximum Gasteiger partial charge on any atom is 0.147 e. The second-order valence-corrected chi connectivity index (χ2v) is 4.64. The minimum absolute atomic E-state index is 0.118. The van der Waals surface area contributed by atoms with E-state index in [0.717, 1.165) is 12.1 Å². The van der Waals surface area contributed by atoms with Crippen molar-refractivity contribution >= 4 is 33.0 Å². The van der Waals surface area contributed by atoms with Gasteiger partial charge in [-0.25, -0.2) is 8.78 Å². The maximum absolute atomic E-state index is 13.7. The number of nitrogens with one attached hydrogen (secondary N) is 1. The second-order valence-electron chi connectivity index (χ2n) is 3.78. The van der Waals surface area contributed by atoms with Crippen LogP contribution in [0.2, 0.25) is 0 Å². The van der Waals surface area contributed by atoms with Crippen molar-refractivity contribution < 1.29 is 8.78 Å². The molecule has 0 radical (unpaired) electrons. The molecule has 0 saturated carbocycles. The monoisotopic (exact) mass is 323 g/mol. The van der Waals surface area contributed by atoms with Gasteiger partial charge in [0.2, 0.25) is 0 Å². The van der Waals surface area contributed by atoms with E-state index in [2.05, 4.69) is 21.2 Å². The second kappa shape index (κ2) is 5.24. The highest BCUT2D eigenvalue weighted by atomic mass is 79.9. The predicted molar refractivity (Wildman–Crippen MR) is 72.9 cm³/mol. The fourth-order valence-electron chi connectivity index (χ4n) is 1.50. The fraction of sp³-hybridized carbons (Fsp3) is 0. The maximum atomic E-state index is 13.7. The Kier molecular flexibility index (Phi) is 3.67. The molecule has 0 aliphatic rings. The van der Waals surface area contributed by atoms with E-state index in [4.69, 9.17) is 11.0 Å². The summed E-state index contributed by atoms with van der Waals surface area (Å²) in [7, 11) is 0. The van der Waals surface area contributed by atoms with Crippen LogP contribution in [0.25, 0.3) is 0 Å². The summed E-state index contributed by atoms with van der Waals surface area (Å²) in [5.74, 6) is -1.12. The van der Waals surface area contributed by atoms with Crippen molar-refractivity contribution in [3.63, 3.8) is 0 Å². The zero-order valence-corrected chi connectivity index (χ0v) is 11.1. The molecule has 3 N–H and O–H groups in total. The van der Waals surface area contributed by atoms with Crippen LogP contribution in [0.15, 0.2) is 34.8 Å². The number of halogens is 3. The molecule has 0 unspecified atom stereocenters. The summed E-state index contributed by atoms with van der Waals surface area (Å²) < 4.78 is 27.3. The largest absolute Gasteiger partial charge is 0.397 e. The zero-order valence-electron chi connectivity index (χ0n) is 9.55. The summed E-state index contributed by atoms with van der Waals surface area (Å²) in [5, 5.41) is 11.3. The number of nitrogens with two attached hydrogens (primary N) is 1. The topological polar surface area (TPSA) is 61.8 Å². The SMILES string of the molecule is N#Cc1ccc(Nc2cc(F)c(Br)cc2N)c(F)c1. The van der Waals surface area contributed by atoms with E-state index >= 15 is 0 Å². The molecule has 2 aromatic carbocycles. The lowest BCUT2D eigenvalue weighted by molar-refractivity contribution is 0.621. The van der Waals surface area contributed by atoms with Crippen LogP contribution in [0.5, 0.6) is 0 Å². The van der Waals surface area contributed by atoms with Crippen LogP contribution in [0.3, 0.4) is 0 Å². The Morgan fingerprint density at radius 2 is 1.84 bits per heavy atom. The Balaban J connectivity index is 2.37. The molecular formula is C13H8BrF2N3. The number of nitriles is 1. The molecule has 0 heterocycles. The average molecular weight is 324 g/mol. The number of hydrogen-bond donors (Lipinski definition) is 2. The van der Waals surface area contributed by atoms with E-state index in [1.165, 1.54) is 18.2 Å². The molecule has 2 aromatic rings. The molecule has 0 spiro atoms. The lowest BCUT2D eigenvalue weighted by Gasteiger charge is -2.11. The molecule has 96 valence electrons. The summed E-state index contributed by atoms with van der Waals surface area (Å²) in [6.45, 7) is 0. The van der Waals surface area contributed by atoms with Gasteiger partial charge in [-0.1, -0.05) is 0 Å². The molecule has 0 fully saturated rings. The molecule has 0 aliphatic carbocycles. The Hall–Kier alpha value is -2.13. The molecule has 0 aliphatic heterocycles. The molecule has 0 bridgehead atoms. The summed E-state index contributed by atoms with van der Waals surface area (Å²) >= 11 is 3.01. The first-order valence-corrected chi connectivity index (χ1v) is 6.01. The summed E-state index contributed by atoms with van der Waals surface area (Å²) in [5.41, 5.74) is 6.56. The highest BCUT2D eigenvalue weighted by Crippen LogP contribution is 2.30. The lowest BCUT2D eigenvalue weighted by Crippen LogP contribution is -1.99. The van der Waals surface area contributed by atoms with Crippen LogP contribution >= 0.6 is 15.9 Å². The van der Waals surface area contributed by atoms with Crippen LogP contribution < -0.4 is 11.1 Å². The van der Waals surface area contributed by atoms with E-state index in [1.807, 2.05) is 6.07 Å². The normalized spacial score (nSPS) is 10.0. The zero-order chi connectivity index (χ0) is 14.0. The Morgan fingerprint density at radius 1 is 1.11 bits per heavy atom. The highest BCUT2D eigenvalue weighted by Gasteiger charge is 2.09. The first kappa shape index (κ1) is 13.3. The van der Waals surface area contributed by atoms with Crippen molar-refractivity contribution in [2.45, 2.75) is 0 Å². The molecule has 0 saturated heterocycles. The number of nitrogen functional groups attached to an aromatic ring is 1. The smallest absolute Gasteiger partial charge is 0.147 e. The van der Waals surface area contributed by atoms with Crippen LogP contribution in [0, 0.1) is 23.0 Å². The van der Waals surface area contributed by atoms with E-state index in [9.17, 15) is 8.78 Å². The minimum Gasteiger partial charge on any atom is -0.397 e. The number of hydrogen-bond acceptors (Lipinski definition) is 3. The summed E-state index contributed by atoms with van der Waals surface area (Å²) in [4.78, 5) is 0. The van der Waals surface area contributed by atoms with Gasteiger partial charge in [0.25, 0.3) is 0 Å². The van der Waals surface area contributed by atoms with Crippen molar-refractivity contribution in [3.8, 4) is 6.07 Å². The third kappa shape index (κ3) is 2.83. The number of nitrogens with zero attached hydrogens (tertiary/aromatic N) is 1. The molecule has 6 heteroatoms. The van der Waals surface area contributed by atoms with Gasteiger partial charge in [-0.15, -0.1) is 0 Å². The fourth-order valence-corrected chi connectivity index (χ4v) is 1.86. The molecule has 2 rings (SSSR count). The summed E-state index contributed by atoms with van der Waals surface area (Å²) in [6.07, 6.45) is 0. The van der Waals surface area contributed by atoms with Gasteiger partial charge in [0.1, 0.15) is 11.6 Å².